The van der Waals surface area contributed by atoms with E-state index in [1.807, 2.05) is 0 Å². The van der Waals surface area contributed by atoms with Crippen molar-refractivity contribution in [1.82, 2.24) is 29.3 Å². The minimum atomic E-state index is -0.740. The highest BCUT2D eigenvalue weighted by molar-refractivity contribution is 6.45. The number of aromatic amines is 1. The molecule has 5 rings (SSSR count). The Morgan fingerprint density at radius 1 is 1.11 bits per heavy atom. The van der Waals surface area contributed by atoms with Gasteiger partial charge in [-0.05, 0) is 18.2 Å². The van der Waals surface area contributed by atoms with Crippen LogP contribution in [0.4, 0.5) is 8.78 Å². The van der Waals surface area contributed by atoms with Gasteiger partial charge in [0.05, 0.1) is 35.1 Å². The van der Waals surface area contributed by atoms with Gasteiger partial charge in [0.15, 0.2) is 0 Å². The van der Waals surface area contributed by atoms with E-state index in [4.69, 9.17) is 11.6 Å². The van der Waals surface area contributed by atoms with E-state index in [1.165, 1.54) is 48.4 Å². The third kappa shape index (κ3) is 3.91. The minimum Gasteiger partial charge on any atom is -0.345 e. The zero-order chi connectivity index (χ0) is 25.7. The number of halogens is 3. The lowest BCUT2D eigenvalue weighted by molar-refractivity contribution is -0.124. The molecule has 0 saturated heterocycles. The Morgan fingerprint density at radius 2 is 1.89 bits per heavy atom. The molecular weight excluding hydrogens is 494 g/mol. The van der Waals surface area contributed by atoms with Crippen molar-refractivity contribution in [2.75, 3.05) is 20.6 Å². The molecule has 184 valence electrons. The molecule has 12 heteroatoms. The molecule has 0 spiro atoms. The molecule has 0 radical (unpaired) electrons. The van der Waals surface area contributed by atoms with E-state index in [1.54, 1.807) is 4.57 Å². The van der Waals surface area contributed by atoms with Gasteiger partial charge in [-0.15, -0.1) is 0 Å². The van der Waals surface area contributed by atoms with E-state index in [9.17, 15) is 23.2 Å². The van der Waals surface area contributed by atoms with Crippen molar-refractivity contribution >= 4 is 40.2 Å². The number of amides is 2. The molecule has 0 bridgehead atoms. The largest absolute Gasteiger partial charge is 0.345 e. The molecule has 0 aliphatic carbocycles. The van der Waals surface area contributed by atoms with Crippen molar-refractivity contribution in [3.05, 3.63) is 70.3 Å². The third-order valence-electron chi connectivity index (χ3n) is 6.04. The maximum absolute atomic E-state index is 14.3. The standard InChI is InChI=1S/C24H19ClF2N6O3/c1-31(2)24(36)19(34)17-10-28-21-15(17)8-16(20(25)30-21)23(35)32-5-6-33-13(11-32)9-29-22(33)14-4-3-12(26)7-18(14)27/h3-4,7-10H,5-6,11H2,1-2H3,(H,28,30). The number of fused-ring (bicyclic) bond motifs is 2. The summed E-state index contributed by atoms with van der Waals surface area (Å²) in [5, 5.41) is 0.250. The van der Waals surface area contributed by atoms with E-state index < -0.39 is 29.2 Å². The highest BCUT2D eigenvalue weighted by atomic mass is 35.5. The van der Waals surface area contributed by atoms with Gasteiger partial charge in [0.2, 0.25) is 0 Å². The predicted octanol–water partition coefficient (Wildman–Crippen LogP) is 3.28. The van der Waals surface area contributed by atoms with Gasteiger partial charge in [-0.25, -0.2) is 18.7 Å². The highest BCUT2D eigenvalue weighted by Crippen LogP contribution is 2.29. The quantitative estimate of drug-likeness (QED) is 0.257. The number of Topliss-reactive ketones (excluding diaryl/α,β-unsaturated/α-hetero) is 1. The van der Waals surface area contributed by atoms with Crippen LogP contribution in [-0.2, 0) is 17.9 Å². The highest BCUT2D eigenvalue weighted by Gasteiger charge is 2.29. The number of hydrogen-bond donors (Lipinski definition) is 1. The molecule has 0 atom stereocenters. The van der Waals surface area contributed by atoms with Crippen LogP contribution < -0.4 is 0 Å². The molecule has 9 nitrogen and oxygen atoms in total. The summed E-state index contributed by atoms with van der Waals surface area (Å²) < 4.78 is 29.4. The van der Waals surface area contributed by atoms with Gasteiger partial charge in [-0.1, -0.05) is 11.6 Å². The minimum absolute atomic E-state index is 0.0551. The molecule has 1 aromatic carbocycles. The first kappa shape index (κ1) is 23.6. The maximum atomic E-state index is 14.3. The van der Waals surface area contributed by atoms with Crippen LogP contribution in [0.25, 0.3) is 22.4 Å². The van der Waals surface area contributed by atoms with Crippen molar-refractivity contribution in [3.63, 3.8) is 0 Å². The summed E-state index contributed by atoms with van der Waals surface area (Å²) in [6, 6.07) is 4.74. The molecule has 0 saturated carbocycles. The van der Waals surface area contributed by atoms with Crippen molar-refractivity contribution in [3.8, 4) is 11.4 Å². The van der Waals surface area contributed by atoms with Gasteiger partial charge in [0.25, 0.3) is 17.6 Å². The number of nitrogens with one attached hydrogen (secondary N) is 1. The van der Waals surface area contributed by atoms with Crippen LogP contribution in [0.3, 0.4) is 0 Å². The van der Waals surface area contributed by atoms with E-state index in [-0.39, 0.29) is 40.6 Å². The normalized spacial score (nSPS) is 13.1. The summed E-state index contributed by atoms with van der Waals surface area (Å²) in [7, 11) is 2.94. The van der Waals surface area contributed by atoms with Gasteiger partial charge in [-0.3, -0.25) is 14.4 Å². The molecule has 36 heavy (non-hydrogen) atoms. The topological polar surface area (TPSA) is 104 Å². The van der Waals surface area contributed by atoms with Crippen molar-refractivity contribution in [2.45, 2.75) is 13.1 Å². The summed E-state index contributed by atoms with van der Waals surface area (Å²) >= 11 is 6.31. The number of carbonyl (C=O) groups excluding carboxylic acids is 3. The number of imidazole rings is 1. The monoisotopic (exact) mass is 512 g/mol. The number of ketones is 1. The first-order valence-electron chi connectivity index (χ1n) is 10.9. The van der Waals surface area contributed by atoms with E-state index in [2.05, 4.69) is 15.0 Å². The molecule has 3 aromatic heterocycles. The van der Waals surface area contributed by atoms with Crippen LogP contribution in [0.5, 0.6) is 0 Å². The number of aromatic nitrogens is 4. The van der Waals surface area contributed by atoms with E-state index >= 15 is 0 Å². The lowest BCUT2D eigenvalue weighted by atomic mass is 10.1. The van der Waals surface area contributed by atoms with E-state index in [0.717, 1.165) is 12.1 Å². The molecular formula is C24H19ClF2N6O3. The van der Waals surface area contributed by atoms with Crippen LogP contribution in [-0.4, -0.2) is 67.6 Å². The molecule has 4 aromatic rings. The lowest BCUT2D eigenvalue weighted by Gasteiger charge is -2.29. The first-order valence-corrected chi connectivity index (χ1v) is 11.3. The fourth-order valence-corrected chi connectivity index (χ4v) is 4.41. The second-order valence-corrected chi connectivity index (χ2v) is 8.89. The molecule has 1 aliphatic rings. The summed E-state index contributed by atoms with van der Waals surface area (Å²) in [5.74, 6) is -2.93. The van der Waals surface area contributed by atoms with Crippen LogP contribution >= 0.6 is 11.6 Å². The number of pyridine rings is 1. The van der Waals surface area contributed by atoms with E-state index in [0.29, 0.717) is 23.4 Å². The van der Waals surface area contributed by atoms with Gasteiger partial charge in [0.1, 0.15) is 28.3 Å². The number of H-pyrrole nitrogens is 1. The Labute approximate surface area is 208 Å². The van der Waals surface area contributed by atoms with Crippen LogP contribution in [0.1, 0.15) is 26.4 Å². The molecule has 0 fully saturated rings. The zero-order valence-electron chi connectivity index (χ0n) is 19.2. The van der Waals surface area contributed by atoms with Crippen LogP contribution in [0, 0.1) is 11.6 Å². The smallest absolute Gasteiger partial charge is 0.294 e. The Balaban J connectivity index is 1.44. The maximum Gasteiger partial charge on any atom is 0.294 e. The average molecular weight is 513 g/mol. The van der Waals surface area contributed by atoms with Gasteiger partial charge < -0.3 is 19.4 Å². The average Bonchev–Trinajstić information content (AvgIpc) is 3.45. The second kappa shape index (κ2) is 8.83. The van der Waals surface area contributed by atoms with Gasteiger partial charge >= 0.3 is 0 Å². The lowest BCUT2D eigenvalue weighted by Crippen LogP contribution is -2.38. The van der Waals surface area contributed by atoms with Crippen LogP contribution in [0.2, 0.25) is 5.15 Å². The molecule has 1 aliphatic heterocycles. The fourth-order valence-electron chi connectivity index (χ4n) is 4.19. The fraction of sp³-hybridized carbons (Fsp3) is 0.208. The predicted molar refractivity (Wildman–Crippen MR) is 126 cm³/mol. The summed E-state index contributed by atoms with van der Waals surface area (Å²) in [4.78, 5) is 52.2. The third-order valence-corrected chi connectivity index (χ3v) is 6.33. The summed E-state index contributed by atoms with van der Waals surface area (Å²) in [6.45, 7) is 0.761. The SMILES string of the molecule is CN(C)C(=O)C(=O)c1c[nH]c2nc(Cl)c(C(=O)N3CCn4c(cnc4-c4ccc(F)cc4F)C3)cc12. The number of nitrogens with zero attached hydrogens (tertiary/aromatic N) is 5. The zero-order valence-corrected chi connectivity index (χ0v) is 19.9. The van der Waals surface area contributed by atoms with Crippen molar-refractivity contribution in [2.24, 2.45) is 0 Å². The first-order chi connectivity index (χ1) is 17.2. The Hall–Kier alpha value is -4.12. The van der Waals surface area contributed by atoms with Crippen molar-refractivity contribution < 1.29 is 23.2 Å². The molecule has 0 unspecified atom stereocenters. The number of hydrogen-bond acceptors (Lipinski definition) is 5. The summed E-state index contributed by atoms with van der Waals surface area (Å²) in [5.41, 5.74) is 1.26. The van der Waals surface area contributed by atoms with Gasteiger partial charge in [-0.2, -0.15) is 0 Å². The Kier molecular flexibility index (Phi) is 5.79. The number of benzene rings is 1. The number of rotatable bonds is 4. The van der Waals surface area contributed by atoms with Crippen molar-refractivity contribution in [1.29, 1.82) is 0 Å². The Bertz CT molecular complexity index is 1560. The second-order valence-electron chi connectivity index (χ2n) is 8.53. The molecule has 2 amide bonds. The molecule has 1 N–H and O–H groups in total. The van der Waals surface area contributed by atoms with Crippen LogP contribution in [0.15, 0.2) is 36.7 Å². The van der Waals surface area contributed by atoms with Gasteiger partial charge in [0, 0.05) is 44.8 Å². The molecule has 4 heterocycles. The summed E-state index contributed by atoms with van der Waals surface area (Å²) in [6.07, 6.45) is 2.90. The Morgan fingerprint density at radius 3 is 2.61 bits per heavy atom. The number of likely N-dealkylation sites (N-methyl/N-ethyl adjacent to an activating group) is 1. The number of carbonyl (C=O) groups is 3.